The maximum absolute atomic E-state index is 12.9. The number of unbranched alkanes of at least 4 members (excludes halogenated alkanes) is 21. The minimum Gasteiger partial charge on any atom is -0.462 e. The van der Waals surface area contributed by atoms with Gasteiger partial charge >= 0.3 is 25.7 Å². The zero-order valence-electron chi connectivity index (χ0n) is 45.6. The van der Waals surface area contributed by atoms with Gasteiger partial charge in [-0.15, -0.1) is 0 Å². The molecule has 0 heterocycles. The molecule has 0 aliphatic heterocycles. The summed E-state index contributed by atoms with van der Waals surface area (Å²) in [7, 11) is -4.75. The molecule has 0 aromatic heterocycles. The molecule has 0 spiro atoms. The Labute approximate surface area is 439 Å². The van der Waals surface area contributed by atoms with Crippen molar-refractivity contribution in [2.75, 3.05) is 26.4 Å². The van der Waals surface area contributed by atoms with Crippen LogP contribution in [0.4, 0.5) is 0 Å². The van der Waals surface area contributed by atoms with Crippen molar-refractivity contribution >= 4 is 25.7 Å². The van der Waals surface area contributed by atoms with E-state index in [1.54, 1.807) is 0 Å². The Balaban J connectivity index is 4.75. The lowest BCUT2D eigenvalue weighted by Crippen LogP contribution is -2.30. The Morgan fingerprint density at radius 1 is 0.403 bits per heavy atom. The first-order valence-corrected chi connectivity index (χ1v) is 30.0. The highest BCUT2D eigenvalue weighted by Crippen LogP contribution is 2.43. The average molecular weight is 1030 g/mol. The van der Waals surface area contributed by atoms with Gasteiger partial charge in [0.05, 0.1) is 19.8 Å². The molecule has 0 aliphatic carbocycles. The molecule has 12 heteroatoms. The summed E-state index contributed by atoms with van der Waals surface area (Å²) in [6.45, 7) is 4.37. The van der Waals surface area contributed by atoms with Crippen LogP contribution in [0.5, 0.6) is 0 Å². The van der Waals surface area contributed by atoms with Gasteiger partial charge in [-0.05, 0) is 89.9 Å². The molecule has 2 N–H and O–H groups in total. The van der Waals surface area contributed by atoms with Crippen molar-refractivity contribution in [1.29, 1.82) is 0 Å². The van der Waals surface area contributed by atoms with Crippen LogP contribution in [0.25, 0.3) is 0 Å². The van der Waals surface area contributed by atoms with Crippen LogP contribution < -0.4 is 0 Å². The van der Waals surface area contributed by atoms with Gasteiger partial charge in [-0.2, -0.15) is 0 Å². The third-order valence-electron chi connectivity index (χ3n) is 11.8. The highest BCUT2D eigenvalue weighted by Gasteiger charge is 2.28. The largest absolute Gasteiger partial charge is 0.472 e. The van der Waals surface area contributed by atoms with Crippen molar-refractivity contribution in [2.24, 2.45) is 0 Å². The van der Waals surface area contributed by atoms with E-state index in [-0.39, 0.29) is 25.9 Å². The smallest absolute Gasteiger partial charge is 0.462 e. The Bertz CT molecular complexity index is 1530. The minimum absolute atomic E-state index is 0.151. The van der Waals surface area contributed by atoms with Crippen LogP contribution in [0.2, 0.25) is 0 Å². The lowest BCUT2D eigenvalue weighted by molar-refractivity contribution is -0.161. The molecular formula is C60H103O11P. The van der Waals surface area contributed by atoms with Crippen LogP contribution >= 0.6 is 7.82 Å². The van der Waals surface area contributed by atoms with Crippen LogP contribution in [-0.4, -0.2) is 66.5 Å². The van der Waals surface area contributed by atoms with Gasteiger partial charge < -0.3 is 24.2 Å². The van der Waals surface area contributed by atoms with Crippen molar-refractivity contribution in [1.82, 2.24) is 0 Å². The summed E-state index contributed by atoms with van der Waals surface area (Å²) in [5.74, 6) is -1.49. The first kappa shape index (κ1) is 68.7. The Morgan fingerprint density at radius 2 is 0.722 bits per heavy atom. The number of rotatable bonds is 52. The fourth-order valence-corrected chi connectivity index (χ4v) is 8.32. The second-order valence-electron chi connectivity index (χ2n) is 18.7. The Hall–Kier alpha value is -3.34. The fraction of sp³-hybridized carbons (Fsp3) is 0.717. The molecule has 414 valence electrons. The molecule has 11 nitrogen and oxygen atoms in total. The number of aliphatic hydroxyl groups is 1. The van der Waals surface area contributed by atoms with Gasteiger partial charge in [-0.1, -0.05) is 215 Å². The first-order valence-electron chi connectivity index (χ1n) is 28.5. The number of esters is 3. The number of allylic oxidation sites excluding steroid dienone is 14. The van der Waals surface area contributed by atoms with Gasteiger partial charge in [0.1, 0.15) is 12.7 Å². The standard InChI is InChI=1S/C60H103O11P/c1-4-7-10-13-16-19-21-23-25-27-28-30-31-33-35-38-40-43-46-49-58(62)67-53-57(71-60(64)51-48-45-42-39-36-34-32-29-26-24-22-20-17-14-11-8-5-2)55-69-72(65,66)68-54-56(52-61)70-59(63)50-47-44-41-37-18-15-12-9-6-3/h7-8,10-11,16-17,19-20,23-26,28,30,56-57,61H,4-6,9,12-15,18,21-22,27,29,31-55H2,1-3H3,(H,65,66)/b10-7-,11-8-,19-16-,20-17-,25-23-,26-24-,30-28-. The topological polar surface area (TPSA) is 155 Å². The summed E-state index contributed by atoms with van der Waals surface area (Å²) in [5.41, 5.74) is 0. The molecule has 0 rings (SSSR count). The predicted molar refractivity (Wildman–Crippen MR) is 298 cm³/mol. The van der Waals surface area contributed by atoms with Crippen molar-refractivity contribution in [3.8, 4) is 0 Å². The van der Waals surface area contributed by atoms with E-state index in [0.29, 0.717) is 19.3 Å². The van der Waals surface area contributed by atoms with Gasteiger partial charge in [0.15, 0.2) is 6.10 Å². The quantitative estimate of drug-likeness (QED) is 0.0197. The molecule has 0 aromatic rings. The van der Waals surface area contributed by atoms with E-state index in [9.17, 15) is 28.9 Å². The summed E-state index contributed by atoms with van der Waals surface area (Å²) in [5, 5.41) is 9.77. The van der Waals surface area contributed by atoms with E-state index in [1.807, 2.05) is 0 Å². The molecule has 72 heavy (non-hydrogen) atoms. The summed E-state index contributed by atoms with van der Waals surface area (Å²) < 4.78 is 39.4. The Morgan fingerprint density at radius 3 is 1.11 bits per heavy atom. The molecular weight excluding hydrogens is 928 g/mol. The van der Waals surface area contributed by atoms with Crippen LogP contribution in [0.3, 0.4) is 0 Å². The number of hydrogen-bond donors (Lipinski definition) is 2. The normalized spacial score (nSPS) is 14.0. The second-order valence-corrected chi connectivity index (χ2v) is 20.1. The van der Waals surface area contributed by atoms with Gasteiger partial charge in [0.2, 0.25) is 0 Å². The maximum atomic E-state index is 12.9. The third kappa shape index (κ3) is 51.6. The molecule has 0 aliphatic rings. The van der Waals surface area contributed by atoms with Gasteiger partial charge in [0.25, 0.3) is 0 Å². The number of carbonyl (C=O) groups excluding carboxylic acids is 3. The molecule has 0 fully saturated rings. The number of carbonyl (C=O) groups is 3. The average Bonchev–Trinajstić information content (AvgIpc) is 3.37. The lowest BCUT2D eigenvalue weighted by atomic mass is 10.1. The highest BCUT2D eigenvalue weighted by atomic mass is 31.2. The van der Waals surface area contributed by atoms with E-state index in [0.717, 1.165) is 141 Å². The first-order chi connectivity index (χ1) is 35.2. The monoisotopic (exact) mass is 1030 g/mol. The van der Waals surface area contributed by atoms with Crippen molar-refractivity contribution in [3.63, 3.8) is 0 Å². The zero-order chi connectivity index (χ0) is 52.7. The second kappa shape index (κ2) is 53.9. The summed E-state index contributed by atoms with van der Waals surface area (Å²) in [6.07, 6.45) is 61.2. The summed E-state index contributed by atoms with van der Waals surface area (Å²) >= 11 is 0. The molecule has 0 radical (unpaired) electrons. The van der Waals surface area contributed by atoms with Gasteiger partial charge in [-0.25, -0.2) is 4.57 Å². The van der Waals surface area contributed by atoms with E-state index in [1.165, 1.54) is 38.5 Å². The summed E-state index contributed by atoms with van der Waals surface area (Å²) in [6, 6.07) is 0. The molecule has 0 amide bonds. The van der Waals surface area contributed by atoms with E-state index in [2.05, 4.69) is 106 Å². The number of phosphoric acid groups is 1. The Kier molecular flexibility index (Phi) is 51.4. The SMILES string of the molecule is CC/C=C\C/C=C\C/C=C\C/C=C\CCCCCCCCC(=O)OCC(COP(=O)(O)OCC(CO)OC(=O)CCCCCCCCCCC)OC(=O)CCCCCCCCC/C=C\C/C=C\C/C=C\CC. The van der Waals surface area contributed by atoms with E-state index >= 15 is 0 Å². The van der Waals surface area contributed by atoms with Crippen LogP contribution in [0.15, 0.2) is 85.1 Å². The lowest BCUT2D eigenvalue weighted by Gasteiger charge is -2.21. The van der Waals surface area contributed by atoms with Gasteiger partial charge in [0, 0.05) is 19.3 Å². The van der Waals surface area contributed by atoms with Gasteiger partial charge in [-0.3, -0.25) is 23.4 Å². The molecule has 3 unspecified atom stereocenters. The minimum atomic E-state index is -4.75. The third-order valence-corrected chi connectivity index (χ3v) is 12.8. The van der Waals surface area contributed by atoms with Crippen LogP contribution in [0, 0.1) is 0 Å². The molecule has 0 saturated carbocycles. The predicted octanol–water partition coefficient (Wildman–Crippen LogP) is 16.7. The molecule has 0 bridgehead atoms. The number of aliphatic hydroxyl groups excluding tert-OH is 1. The molecule has 0 saturated heterocycles. The number of hydrogen-bond acceptors (Lipinski definition) is 10. The summed E-state index contributed by atoms with van der Waals surface area (Å²) in [4.78, 5) is 48.4. The molecule has 3 atom stereocenters. The van der Waals surface area contributed by atoms with E-state index < -0.39 is 57.8 Å². The number of ether oxygens (including phenoxy) is 3. The van der Waals surface area contributed by atoms with Crippen LogP contribution in [-0.2, 0) is 42.2 Å². The van der Waals surface area contributed by atoms with Crippen LogP contribution in [0.1, 0.15) is 239 Å². The highest BCUT2D eigenvalue weighted by molar-refractivity contribution is 7.47. The van der Waals surface area contributed by atoms with Crippen molar-refractivity contribution in [2.45, 2.75) is 251 Å². The maximum Gasteiger partial charge on any atom is 0.472 e. The van der Waals surface area contributed by atoms with Crippen molar-refractivity contribution in [3.05, 3.63) is 85.1 Å². The van der Waals surface area contributed by atoms with Crippen molar-refractivity contribution < 1.29 is 52.2 Å². The zero-order valence-corrected chi connectivity index (χ0v) is 46.5. The molecule has 0 aromatic carbocycles. The van der Waals surface area contributed by atoms with E-state index in [4.69, 9.17) is 23.3 Å². The fourth-order valence-electron chi connectivity index (χ4n) is 7.54. The number of phosphoric ester groups is 1.